The van der Waals surface area contributed by atoms with Crippen LogP contribution in [0.5, 0.6) is 0 Å². The molecule has 0 bridgehead atoms. The predicted molar refractivity (Wildman–Crippen MR) is 57.8 cm³/mol. The molecular formula is C8H11BrN2OS. The second-order valence-electron chi connectivity index (χ2n) is 2.55. The molecule has 1 amide bonds. The molecule has 0 aliphatic carbocycles. The number of halogens is 1. The lowest BCUT2D eigenvalue weighted by molar-refractivity contribution is 0.0838. The number of amides is 1. The molecule has 1 aromatic rings. The molecule has 0 unspecified atom stereocenters. The molecular weight excluding hydrogens is 252 g/mol. The maximum atomic E-state index is 11.5. The summed E-state index contributed by atoms with van der Waals surface area (Å²) >= 11 is 4.73. The Bertz CT molecular complexity index is 300. The van der Waals surface area contributed by atoms with E-state index < -0.39 is 0 Å². The summed E-state index contributed by atoms with van der Waals surface area (Å²) in [6.07, 6.45) is 0. The fourth-order valence-electron chi connectivity index (χ4n) is 0.759. The largest absolute Gasteiger partial charge is 0.284 e. The predicted octanol–water partition coefficient (Wildman–Crippen LogP) is 2.11. The van der Waals surface area contributed by atoms with Crippen LogP contribution in [0.3, 0.4) is 0 Å². The SMILES string of the molecule is CCN(C)NC(=O)c1sccc1Br. The van der Waals surface area contributed by atoms with Gasteiger partial charge in [0, 0.05) is 18.1 Å². The van der Waals surface area contributed by atoms with Gasteiger partial charge in [-0.25, -0.2) is 5.01 Å². The third-order valence-electron chi connectivity index (χ3n) is 1.59. The Hall–Kier alpha value is -0.390. The summed E-state index contributed by atoms with van der Waals surface area (Å²) < 4.78 is 0.847. The number of hydrogen-bond donors (Lipinski definition) is 1. The molecule has 3 nitrogen and oxygen atoms in total. The first kappa shape index (κ1) is 10.7. The van der Waals surface area contributed by atoms with E-state index in [-0.39, 0.29) is 5.91 Å². The highest BCUT2D eigenvalue weighted by Crippen LogP contribution is 2.22. The van der Waals surface area contributed by atoms with Gasteiger partial charge in [0.2, 0.25) is 0 Å². The Morgan fingerprint density at radius 3 is 2.92 bits per heavy atom. The fourth-order valence-corrected chi connectivity index (χ4v) is 2.20. The van der Waals surface area contributed by atoms with Crippen molar-refractivity contribution >= 4 is 33.2 Å². The van der Waals surface area contributed by atoms with Gasteiger partial charge in [-0.15, -0.1) is 11.3 Å². The van der Waals surface area contributed by atoms with Gasteiger partial charge in [-0.2, -0.15) is 0 Å². The second-order valence-corrected chi connectivity index (χ2v) is 4.32. The number of rotatable bonds is 3. The number of thiophene rings is 1. The van der Waals surface area contributed by atoms with E-state index in [1.165, 1.54) is 11.3 Å². The molecule has 0 aromatic carbocycles. The maximum Gasteiger partial charge on any atom is 0.276 e. The second kappa shape index (κ2) is 4.74. The molecule has 0 fully saturated rings. The van der Waals surface area contributed by atoms with Gasteiger partial charge in [-0.3, -0.25) is 10.2 Å². The van der Waals surface area contributed by atoms with Crippen molar-refractivity contribution in [2.45, 2.75) is 6.92 Å². The van der Waals surface area contributed by atoms with Crippen LogP contribution in [-0.4, -0.2) is 24.5 Å². The highest BCUT2D eigenvalue weighted by molar-refractivity contribution is 9.10. The molecule has 0 aliphatic heterocycles. The number of hydrazine groups is 1. The molecule has 5 heteroatoms. The molecule has 1 N–H and O–H groups in total. The van der Waals surface area contributed by atoms with Crippen LogP contribution in [0.15, 0.2) is 15.9 Å². The summed E-state index contributed by atoms with van der Waals surface area (Å²) in [4.78, 5) is 12.2. The van der Waals surface area contributed by atoms with Gasteiger partial charge < -0.3 is 0 Å². The fraction of sp³-hybridized carbons (Fsp3) is 0.375. The zero-order valence-corrected chi connectivity index (χ0v) is 9.91. The van der Waals surface area contributed by atoms with E-state index >= 15 is 0 Å². The minimum Gasteiger partial charge on any atom is -0.284 e. The summed E-state index contributed by atoms with van der Waals surface area (Å²) in [6, 6.07) is 1.87. The van der Waals surface area contributed by atoms with Crippen LogP contribution in [0.4, 0.5) is 0 Å². The Morgan fingerprint density at radius 1 is 1.77 bits per heavy atom. The number of nitrogens with zero attached hydrogens (tertiary/aromatic N) is 1. The lowest BCUT2D eigenvalue weighted by Gasteiger charge is -2.14. The minimum absolute atomic E-state index is 0.0637. The van der Waals surface area contributed by atoms with Crippen molar-refractivity contribution in [3.8, 4) is 0 Å². The third kappa shape index (κ3) is 2.79. The lowest BCUT2D eigenvalue weighted by Crippen LogP contribution is -2.38. The molecule has 0 aliphatic rings. The quantitative estimate of drug-likeness (QED) is 0.847. The molecule has 0 saturated heterocycles. The maximum absolute atomic E-state index is 11.5. The van der Waals surface area contributed by atoms with Gasteiger partial charge in [0.1, 0.15) is 4.88 Å². The van der Waals surface area contributed by atoms with Crippen LogP contribution < -0.4 is 5.43 Å². The van der Waals surface area contributed by atoms with Crippen molar-refractivity contribution in [1.29, 1.82) is 0 Å². The zero-order chi connectivity index (χ0) is 9.84. The summed E-state index contributed by atoms with van der Waals surface area (Å²) in [5.74, 6) is -0.0637. The van der Waals surface area contributed by atoms with Crippen LogP contribution in [0.1, 0.15) is 16.6 Å². The highest BCUT2D eigenvalue weighted by atomic mass is 79.9. The smallest absolute Gasteiger partial charge is 0.276 e. The first-order valence-electron chi connectivity index (χ1n) is 3.90. The standard InChI is InChI=1S/C8H11BrN2OS/c1-3-11(2)10-8(12)7-6(9)4-5-13-7/h4-5H,3H2,1-2H3,(H,10,12). The van der Waals surface area contributed by atoms with E-state index in [0.29, 0.717) is 4.88 Å². The first-order chi connectivity index (χ1) is 6.15. The van der Waals surface area contributed by atoms with Crippen molar-refractivity contribution < 1.29 is 4.79 Å². The highest BCUT2D eigenvalue weighted by Gasteiger charge is 2.11. The summed E-state index contributed by atoms with van der Waals surface area (Å²) in [7, 11) is 1.83. The van der Waals surface area contributed by atoms with E-state index in [1.807, 2.05) is 25.4 Å². The number of nitrogens with one attached hydrogen (secondary N) is 1. The van der Waals surface area contributed by atoms with Gasteiger partial charge in [-0.1, -0.05) is 6.92 Å². The number of carbonyl (C=O) groups is 1. The monoisotopic (exact) mass is 262 g/mol. The van der Waals surface area contributed by atoms with Gasteiger partial charge in [0.05, 0.1) is 0 Å². The molecule has 72 valence electrons. The van der Waals surface area contributed by atoms with Crippen molar-refractivity contribution in [1.82, 2.24) is 10.4 Å². The number of carbonyl (C=O) groups excluding carboxylic acids is 1. The number of hydrogen-bond acceptors (Lipinski definition) is 3. The topological polar surface area (TPSA) is 32.3 Å². The molecule has 1 aromatic heterocycles. The molecule has 0 spiro atoms. The van der Waals surface area contributed by atoms with E-state index in [1.54, 1.807) is 5.01 Å². The van der Waals surface area contributed by atoms with E-state index in [4.69, 9.17) is 0 Å². The van der Waals surface area contributed by atoms with Crippen LogP contribution in [-0.2, 0) is 0 Å². The average Bonchev–Trinajstić information content (AvgIpc) is 2.51. The normalized spacial score (nSPS) is 10.5. The first-order valence-corrected chi connectivity index (χ1v) is 5.57. The Balaban J connectivity index is 2.64. The molecule has 0 saturated carbocycles. The van der Waals surface area contributed by atoms with Crippen LogP contribution in [0, 0.1) is 0 Å². The van der Waals surface area contributed by atoms with Crippen LogP contribution >= 0.6 is 27.3 Å². The van der Waals surface area contributed by atoms with Crippen molar-refractivity contribution in [2.75, 3.05) is 13.6 Å². The molecule has 13 heavy (non-hydrogen) atoms. The van der Waals surface area contributed by atoms with Gasteiger partial charge >= 0.3 is 0 Å². The minimum atomic E-state index is -0.0637. The van der Waals surface area contributed by atoms with E-state index in [0.717, 1.165) is 11.0 Å². The zero-order valence-electron chi connectivity index (χ0n) is 7.50. The Labute approximate surface area is 89.8 Å². The molecule has 1 rings (SSSR count). The lowest BCUT2D eigenvalue weighted by atomic mass is 10.4. The molecule has 1 heterocycles. The summed E-state index contributed by atoms with van der Waals surface area (Å²) in [5, 5.41) is 3.62. The average molecular weight is 263 g/mol. The molecule has 0 atom stereocenters. The van der Waals surface area contributed by atoms with Crippen molar-refractivity contribution in [3.05, 3.63) is 20.8 Å². The third-order valence-corrected chi connectivity index (χ3v) is 3.43. The molecule has 0 radical (unpaired) electrons. The van der Waals surface area contributed by atoms with Crippen LogP contribution in [0.2, 0.25) is 0 Å². The van der Waals surface area contributed by atoms with E-state index in [2.05, 4.69) is 21.4 Å². The summed E-state index contributed by atoms with van der Waals surface area (Å²) in [6.45, 7) is 2.76. The Kier molecular flexibility index (Phi) is 3.90. The Morgan fingerprint density at radius 2 is 2.46 bits per heavy atom. The van der Waals surface area contributed by atoms with Crippen molar-refractivity contribution in [3.63, 3.8) is 0 Å². The van der Waals surface area contributed by atoms with Crippen LogP contribution in [0.25, 0.3) is 0 Å². The van der Waals surface area contributed by atoms with E-state index in [9.17, 15) is 4.79 Å². The van der Waals surface area contributed by atoms with Gasteiger partial charge in [0.15, 0.2) is 0 Å². The summed E-state index contributed by atoms with van der Waals surface area (Å²) in [5.41, 5.74) is 2.75. The van der Waals surface area contributed by atoms with Gasteiger partial charge in [-0.05, 0) is 27.4 Å². The van der Waals surface area contributed by atoms with Crippen molar-refractivity contribution in [2.24, 2.45) is 0 Å². The van der Waals surface area contributed by atoms with Gasteiger partial charge in [0.25, 0.3) is 5.91 Å².